The number of hydrogen-bond donors (Lipinski definition) is 1. The summed E-state index contributed by atoms with van der Waals surface area (Å²) in [6.07, 6.45) is 0.0238. The lowest BCUT2D eigenvalue weighted by Crippen LogP contribution is -2.31. The highest BCUT2D eigenvalue weighted by molar-refractivity contribution is 5.72. The van der Waals surface area contributed by atoms with Gasteiger partial charge in [0.05, 0.1) is 0 Å². The van der Waals surface area contributed by atoms with E-state index in [0.29, 0.717) is 0 Å². The van der Waals surface area contributed by atoms with E-state index in [4.69, 9.17) is 9.84 Å². The maximum atomic E-state index is 10.6. The average Bonchev–Trinajstić information content (AvgIpc) is 2.04. The summed E-state index contributed by atoms with van der Waals surface area (Å²) < 4.78 is 9.62. The maximum Gasteiger partial charge on any atom is 0.333 e. The van der Waals surface area contributed by atoms with Crippen LogP contribution in [0.3, 0.4) is 0 Å². The maximum absolute atomic E-state index is 10.6. The number of methoxy groups -OCH3 is 1. The van der Waals surface area contributed by atoms with Crippen LogP contribution in [0.5, 0.6) is 0 Å². The highest BCUT2D eigenvalue weighted by Gasteiger charge is 2.23. The van der Waals surface area contributed by atoms with E-state index in [1.54, 1.807) is 0 Å². The van der Waals surface area contributed by atoms with Gasteiger partial charge in [0, 0.05) is 7.11 Å². The van der Waals surface area contributed by atoms with E-state index >= 15 is 0 Å². The second-order valence-corrected chi connectivity index (χ2v) is 2.72. The summed E-state index contributed by atoms with van der Waals surface area (Å²) in [6, 6.07) is 0. The molecule has 0 amide bonds. The Morgan fingerprint density at radius 2 is 2.17 bits per heavy atom. The Morgan fingerprint density at radius 1 is 1.58 bits per heavy atom. The predicted molar refractivity (Wildman–Crippen MR) is 43.8 cm³/mol. The molecule has 0 saturated carbocycles. The van der Waals surface area contributed by atoms with Crippen LogP contribution < -0.4 is 0 Å². The van der Waals surface area contributed by atoms with E-state index in [-0.39, 0.29) is 12.7 Å². The summed E-state index contributed by atoms with van der Waals surface area (Å²) in [5, 5.41) is 8.72. The van der Waals surface area contributed by atoms with Crippen LogP contribution in [0.1, 0.15) is 20.3 Å². The molecule has 0 aromatic rings. The molecule has 2 unspecified atom stereocenters. The Labute approximate surface area is 72.5 Å². The van der Waals surface area contributed by atoms with Gasteiger partial charge in [-0.1, -0.05) is 20.3 Å². The van der Waals surface area contributed by atoms with Crippen LogP contribution in [0.15, 0.2) is 0 Å². The van der Waals surface area contributed by atoms with Crippen LogP contribution in [0, 0.1) is 5.92 Å². The highest BCUT2D eigenvalue weighted by atomic mass is 16.7. The number of ether oxygens (including phenoxy) is 2. The summed E-state index contributed by atoms with van der Waals surface area (Å²) in [6.45, 7) is 3.80. The van der Waals surface area contributed by atoms with Gasteiger partial charge in [0.2, 0.25) is 0 Å². The van der Waals surface area contributed by atoms with E-state index in [1.807, 2.05) is 13.8 Å². The van der Waals surface area contributed by atoms with Crippen molar-refractivity contribution in [1.82, 2.24) is 0 Å². The summed E-state index contributed by atoms with van der Waals surface area (Å²) in [5.74, 6) is -0.918. The zero-order valence-electron chi connectivity index (χ0n) is 7.74. The van der Waals surface area contributed by atoms with Gasteiger partial charge in [-0.15, -0.1) is 0 Å². The van der Waals surface area contributed by atoms with Crippen molar-refractivity contribution in [3.05, 3.63) is 0 Å². The Bertz CT molecular complexity index is 135. The van der Waals surface area contributed by atoms with E-state index in [2.05, 4.69) is 4.74 Å². The fraction of sp³-hybridized carbons (Fsp3) is 0.875. The van der Waals surface area contributed by atoms with Gasteiger partial charge < -0.3 is 14.6 Å². The van der Waals surface area contributed by atoms with Crippen LogP contribution >= 0.6 is 0 Å². The molecule has 0 heterocycles. The van der Waals surface area contributed by atoms with E-state index in [1.165, 1.54) is 7.11 Å². The van der Waals surface area contributed by atoms with Crippen molar-refractivity contribution >= 4 is 5.97 Å². The third kappa shape index (κ3) is 3.69. The van der Waals surface area contributed by atoms with Gasteiger partial charge in [-0.05, 0) is 5.92 Å². The predicted octanol–water partition coefficient (Wildman–Crippen LogP) is 1.11. The Balaban J connectivity index is 3.94. The van der Waals surface area contributed by atoms with Crippen molar-refractivity contribution in [2.45, 2.75) is 26.4 Å². The lowest BCUT2D eigenvalue weighted by molar-refractivity contribution is -0.164. The summed E-state index contributed by atoms with van der Waals surface area (Å²) >= 11 is 0. The van der Waals surface area contributed by atoms with Crippen LogP contribution in [0.25, 0.3) is 0 Å². The van der Waals surface area contributed by atoms with E-state index in [0.717, 1.165) is 6.42 Å². The summed E-state index contributed by atoms with van der Waals surface area (Å²) in [7, 11) is 1.47. The molecule has 12 heavy (non-hydrogen) atoms. The largest absolute Gasteiger partial charge is 0.479 e. The third-order valence-electron chi connectivity index (χ3n) is 1.77. The Hall–Kier alpha value is -0.610. The molecular formula is C8H16O4. The van der Waals surface area contributed by atoms with Crippen LogP contribution in [0.4, 0.5) is 0 Å². The molecule has 0 aliphatic rings. The third-order valence-corrected chi connectivity index (χ3v) is 1.77. The summed E-state index contributed by atoms with van der Waals surface area (Å²) in [4.78, 5) is 10.6. The molecule has 0 aromatic heterocycles. The molecule has 0 aliphatic heterocycles. The smallest absolute Gasteiger partial charge is 0.333 e. The number of aliphatic carboxylic acids is 1. The number of hydrogen-bond acceptors (Lipinski definition) is 3. The minimum atomic E-state index is -0.929. The van der Waals surface area contributed by atoms with Gasteiger partial charge in [0.1, 0.15) is 6.79 Å². The molecule has 0 fully saturated rings. The Kier molecular flexibility index (Phi) is 5.66. The zero-order chi connectivity index (χ0) is 9.56. The topological polar surface area (TPSA) is 55.8 Å². The van der Waals surface area contributed by atoms with Crippen molar-refractivity contribution in [3.8, 4) is 0 Å². The molecular weight excluding hydrogens is 160 g/mol. The van der Waals surface area contributed by atoms with E-state index in [9.17, 15) is 4.79 Å². The molecule has 0 bridgehead atoms. The molecule has 1 N–H and O–H groups in total. The number of carbonyl (C=O) groups is 1. The van der Waals surface area contributed by atoms with E-state index < -0.39 is 12.1 Å². The standard InChI is InChI=1S/C8H16O4/c1-4-6(2)7(8(9)10)12-5-11-3/h6-7H,4-5H2,1-3H3,(H,9,10). The first-order valence-electron chi connectivity index (χ1n) is 3.96. The minimum Gasteiger partial charge on any atom is -0.479 e. The first-order chi connectivity index (χ1) is 5.63. The van der Waals surface area contributed by atoms with Crippen LogP contribution in [-0.4, -0.2) is 31.1 Å². The van der Waals surface area contributed by atoms with Gasteiger partial charge in [-0.3, -0.25) is 0 Å². The number of rotatable bonds is 6. The second-order valence-electron chi connectivity index (χ2n) is 2.72. The van der Waals surface area contributed by atoms with Gasteiger partial charge in [-0.2, -0.15) is 0 Å². The van der Waals surface area contributed by atoms with Gasteiger partial charge in [-0.25, -0.2) is 4.79 Å². The molecule has 0 spiro atoms. The fourth-order valence-electron chi connectivity index (χ4n) is 0.834. The first kappa shape index (κ1) is 11.4. The summed E-state index contributed by atoms with van der Waals surface area (Å²) in [5.41, 5.74) is 0. The minimum absolute atomic E-state index is 0.0117. The Morgan fingerprint density at radius 3 is 2.50 bits per heavy atom. The van der Waals surface area contributed by atoms with Gasteiger partial charge in [0.25, 0.3) is 0 Å². The van der Waals surface area contributed by atoms with Crippen LogP contribution in [-0.2, 0) is 14.3 Å². The second kappa shape index (κ2) is 5.97. The molecule has 0 aliphatic carbocycles. The van der Waals surface area contributed by atoms with Crippen molar-refractivity contribution in [2.24, 2.45) is 5.92 Å². The van der Waals surface area contributed by atoms with Crippen molar-refractivity contribution in [2.75, 3.05) is 13.9 Å². The first-order valence-corrected chi connectivity index (χ1v) is 3.96. The molecule has 2 atom stereocenters. The number of carboxylic acids is 1. The molecule has 0 radical (unpaired) electrons. The monoisotopic (exact) mass is 176 g/mol. The molecule has 0 saturated heterocycles. The van der Waals surface area contributed by atoms with Crippen molar-refractivity contribution in [1.29, 1.82) is 0 Å². The molecule has 72 valence electrons. The number of carboxylic acid groups (broad SMARTS) is 1. The normalized spacial score (nSPS) is 15.6. The van der Waals surface area contributed by atoms with Crippen molar-refractivity contribution in [3.63, 3.8) is 0 Å². The van der Waals surface area contributed by atoms with Crippen molar-refractivity contribution < 1.29 is 19.4 Å². The van der Waals surface area contributed by atoms with Gasteiger partial charge >= 0.3 is 5.97 Å². The highest BCUT2D eigenvalue weighted by Crippen LogP contribution is 2.11. The quantitative estimate of drug-likeness (QED) is 0.616. The SMILES string of the molecule is CCC(C)C(OCOC)C(=O)O. The molecule has 4 heteroatoms. The average molecular weight is 176 g/mol. The molecule has 0 rings (SSSR count). The molecule has 0 aromatic carbocycles. The molecule has 4 nitrogen and oxygen atoms in total. The van der Waals surface area contributed by atoms with Crippen LogP contribution in [0.2, 0.25) is 0 Å². The fourth-order valence-corrected chi connectivity index (χ4v) is 0.834. The lowest BCUT2D eigenvalue weighted by atomic mass is 10.0. The lowest BCUT2D eigenvalue weighted by Gasteiger charge is -2.18. The van der Waals surface area contributed by atoms with Gasteiger partial charge in [0.15, 0.2) is 6.10 Å². The zero-order valence-corrected chi connectivity index (χ0v) is 7.74.